The van der Waals surface area contributed by atoms with Gasteiger partial charge in [-0.2, -0.15) is 0 Å². The van der Waals surface area contributed by atoms with Gasteiger partial charge in [0, 0.05) is 24.5 Å². The summed E-state index contributed by atoms with van der Waals surface area (Å²) in [6, 6.07) is 6.87. The molecular formula is C23H32N2O3. The molecule has 2 spiro atoms. The van der Waals surface area contributed by atoms with Crippen LogP contribution < -0.4 is 5.32 Å². The molecule has 5 nitrogen and oxygen atoms in total. The van der Waals surface area contributed by atoms with Gasteiger partial charge < -0.3 is 14.7 Å². The van der Waals surface area contributed by atoms with E-state index in [1.807, 2.05) is 0 Å². The van der Waals surface area contributed by atoms with Crippen LogP contribution in [0.3, 0.4) is 0 Å². The first-order valence-corrected chi connectivity index (χ1v) is 10.8. The lowest BCUT2D eigenvalue weighted by molar-refractivity contribution is -0.144. The van der Waals surface area contributed by atoms with Crippen LogP contribution in [-0.4, -0.2) is 47.6 Å². The highest BCUT2D eigenvalue weighted by Crippen LogP contribution is 2.57. The zero-order chi connectivity index (χ0) is 19.5. The third kappa shape index (κ3) is 3.08. The molecule has 0 radical (unpaired) electrons. The van der Waals surface area contributed by atoms with Crippen molar-refractivity contribution >= 4 is 5.91 Å². The first-order valence-electron chi connectivity index (χ1n) is 10.8. The fraction of sp³-hybridized carbons (Fsp3) is 0.696. The van der Waals surface area contributed by atoms with Gasteiger partial charge in [0.1, 0.15) is 0 Å². The van der Waals surface area contributed by atoms with E-state index in [-0.39, 0.29) is 11.5 Å². The number of carbonyl (C=O) groups excluding carboxylic acids is 1. The van der Waals surface area contributed by atoms with Crippen LogP contribution in [0, 0.1) is 25.2 Å². The monoisotopic (exact) mass is 384 g/mol. The Morgan fingerprint density at radius 2 is 1.89 bits per heavy atom. The van der Waals surface area contributed by atoms with Crippen LogP contribution in [0.25, 0.3) is 0 Å². The van der Waals surface area contributed by atoms with Crippen LogP contribution >= 0.6 is 0 Å². The number of amides is 1. The van der Waals surface area contributed by atoms with Gasteiger partial charge in [-0.1, -0.05) is 23.8 Å². The van der Waals surface area contributed by atoms with Crippen molar-refractivity contribution in [1.29, 1.82) is 0 Å². The van der Waals surface area contributed by atoms with Crippen molar-refractivity contribution in [2.45, 2.75) is 70.2 Å². The molecule has 5 heteroatoms. The fourth-order valence-electron chi connectivity index (χ4n) is 6.23. The Hall–Kier alpha value is -1.43. The highest BCUT2D eigenvalue weighted by molar-refractivity contribution is 5.80. The topological polar surface area (TPSA) is 61.8 Å². The molecule has 2 heterocycles. The van der Waals surface area contributed by atoms with Crippen molar-refractivity contribution in [1.82, 2.24) is 10.2 Å². The summed E-state index contributed by atoms with van der Waals surface area (Å²) in [5, 5.41) is 12.6. The summed E-state index contributed by atoms with van der Waals surface area (Å²) < 4.78 is 5.21. The summed E-state index contributed by atoms with van der Waals surface area (Å²) in [5.74, 6) is 1.11. The van der Waals surface area contributed by atoms with E-state index in [0.29, 0.717) is 23.8 Å². The fourth-order valence-corrected chi connectivity index (χ4v) is 6.23. The molecule has 28 heavy (non-hydrogen) atoms. The molecule has 1 aromatic rings. The normalized spacial score (nSPS) is 31.0. The number of likely N-dealkylation sites (tertiary alicyclic amines) is 1. The maximum absolute atomic E-state index is 12.9. The number of hydrogen-bond donors (Lipinski definition) is 2. The number of hydrogen-bond acceptors (Lipinski definition) is 4. The second-order valence-corrected chi connectivity index (χ2v) is 9.98. The predicted octanol–water partition coefficient (Wildman–Crippen LogP) is 2.83. The van der Waals surface area contributed by atoms with Gasteiger partial charge in [-0.25, -0.2) is 0 Å². The molecule has 152 valence electrons. The van der Waals surface area contributed by atoms with Crippen LogP contribution in [-0.2, 0) is 9.53 Å². The second kappa shape index (κ2) is 6.54. The lowest BCUT2D eigenvalue weighted by Gasteiger charge is -2.54. The maximum atomic E-state index is 12.9. The summed E-state index contributed by atoms with van der Waals surface area (Å²) >= 11 is 0. The minimum absolute atomic E-state index is 0.0970. The van der Waals surface area contributed by atoms with Gasteiger partial charge in [-0.05, 0) is 74.8 Å². The van der Waals surface area contributed by atoms with Gasteiger partial charge in [-0.15, -0.1) is 0 Å². The Kier molecular flexibility index (Phi) is 4.34. The molecule has 5 rings (SSSR count). The first-order chi connectivity index (χ1) is 13.4. The molecule has 0 bridgehead atoms. The van der Waals surface area contributed by atoms with Crippen molar-refractivity contribution in [3.05, 3.63) is 34.9 Å². The largest absolute Gasteiger partial charge is 0.356 e. The molecule has 4 fully saturated rings. The standard InChI is InChI=1S/C23H32N2O3/c1-15-3-4-19(16(2)9-15)17-10-22(11-17)5-7-25(8-6-22)20(26)18-12-23(13-18)14-28-21(27)24-23/h3-4,9,17-18,21,24,27H,5-8,10-14H2,1-2H3. The summed E-state index contributed by atoms with van der Waals surface area (Å²) in [6.45, 7) is 6.74. The summed E-state index contributed by atoms with van der Waals surface area (Å²) in [6.07, 6.45) is 5.58. The Labute approximate surface area is 167 Å². The molecule has 2 saturated heterocycles. The van der Waals surface area contributed by atoms with Gasteiger partial charge in [0.15, 0.2) is 0 Å². The van der Waals surface area contributed by atoms with Crippen LogP contribution in [0.5, 0.6) is 0 Å². The Morgan fingerprint density at radius 1 is 1.18 bits per heavy atom. The minimum Gasteiger partial charge on any atom is -0.356 e. The van der Waals surface area contributed by atoms with Crippen LogP contribution in [0.4, 0.5) is 0 Å². The van der Waals surface area contributed by atoms with E-state index in [1.54, 1.807) is 0 Å². The molecule has 1 aromatic carbocycles. The van der Waals surface area contributed by atoms with Gasteiger partial charge in [0.05, 0.1) is 6.61 Å². The van der Waals surface area contributed by atoms with Crippen LogP contribution in [0.1, 0.15) is 61.1 Å². The highest BCUT2D eigenvalue weighted by Gasteiger charge is 2.53. The van der Waals surface area contributed by atoms with Crippen LogP contribution in [0.15, 0.2) is 18.2 Å². The Bertz CT molecular complexity index is 770. The number of aryl methyl sites for hydroxylation is 2. The molecule has 1 atom stereocenters. The van der Waals surface area contributed by atoms with Crippen molar-refractivity contribution in [3.63, 3.8) is 0 Å². The smallest absolute Gasteiger partial charge is 0.225 e. The van der Waals surface area contributed by atoms with E-state index in [0.717, 1.165) is 38.8 Å². The van der Waals surface area contributed by atoms with Gasteiger partial charge >= 0.3 is 0 Å². The second-order valence-electron chi connectivity index (χ2n) is 9.98. The van der Waals surface area contributed by atoms with E-state index in [9.17, 15) is 9.90 Å². The average molecular weight is 385 g/mol. The zero-order valence-electron chi connectivity index (χ0n) is 17.0. The molecule has 2 aliphatic heterocycles. The molecule has 2 N–H and O–H groups in total. The number of carbonyl (C=O) groups is 1. The molecule has 1 amide bonds. The van der Waals surface area contributed by atoms with E-state index >= 15 is 0 Å². The number of nitrogens with zero attached hydrogens (tertiary/aromatic N) is 1. The maximum Gasteiger partial charge on any atom is 0.225 e. The summed E-state index contributed by atoms with van der Waals surface area (Å²) in [7, 11) is 0. The highest BCUT2D eigenvalue weighted by atomic mass is 16.6. The van der Waals surface area contributed by atoms with E-state index < -0.39 is 6.41 Å². The summed E-state index contributed by atoms with van der Waals surface area (Å²) in [4.78, 5) is 15.0. The first kappa shape index (κ1) is 18.6. The van der Waals surface area contributed by atoms with Crippen LogP contribution in [0.2, 0.25) is 0 Å². The SMILES string of the molecule is Cc1ccc(C2CC3(CCN(C(=O)C4CC5(COC(O)N5)C4)CC3)C2)c(C)c1. The van der Waals surface area contributed by atoms with Crippen molar-refractivity contribution in [2.75, 3.05) is 19.7 Å². The van der Waals surface area contributed by atoms with Gasteiger partial charge in [0.25, 0.3) is 0 Å². The van der Waals surface area contributed by atoms with E-state index in [4.69, 9.17) is 4.74 Å². The quantitative estimate of drug-likeness (QED) is 0.823. The number of benzene rings is 1. The summed E-state index contributed by atoms with van der Waals surface area (Å²) in [5.41, 5.74) is 4.60. The number of ether oxygens (including phenoxy) is 1. The minimum atomic E-state index is -0.866. The van der Waals surface area contributed by atoms with Crippen molar-refractivity contribution in [2.24, 2.45) is 11.3 Å². The predicted molar refractivity (Wildman–Crippen MR) is 107 cm³/mol. The Morgan fingerprint density at radius 3 is 2.50 bits per heavy atom. The molecule has 1 unspecified atom stereocenters. The number of piperidine rings is 1. The number of aliphatic hydroxyl groups excluding tert-OH is 1. The lowest BCUT2D eigenvalue weighted by Crippen LogP contribution is -2.59. The average Bonchev–Trinajstić information content (AvgIpc) is 3.01. The van der Waals surface area contributed by atoms with Crippen molar-refractivity contribution < 1.29 is 14.6 Å². The van der Waals surface area contributed by atoms with E-state index in [2.05, 4.69) is 42.3 Å². The third-order valence-corrected chi connectivity index (χ3v) is 7.93. The zero-order valence-corrected chi connectivity index (χ0v) is 17.0. The van der Waals surface area contributed by atoms with Gasteiger partial charge in [0.2, 0.25) is 12.3 Å². The molecule has 4 aliphatic rings. The number of nitrogens with one attached hydrogen (secondary N) is 1. The Balaban J connectivity index is 1.12. The third-order valence-electron chi connectivity index (χ3n) is 7.93. The number of rotatable bonds is 2. The van der Waals surface area contributed by atoms with E-state index in [1.165, 1.54) is 29.5 Å². The molecule has 0 aromatic heterocycles. The number of aliphatic hydroxyl groups is 1. The molecular weight excluding hydrogens is 352 g/mol. The lowest BCUT2D eigenvalue weighted by atomic mass is 9.55. The molecule has 2 saturated carbocycles. The van der Waals surface area contributed by atoms with Crippen molar-refractivity contribution in [3.8, 4) is 0 Å². The van der Waals surface area contributed by atoms with Gasteiger partial charge in [-0.3, -0.25) is 10.1 Å². The molecule has 2 aliphatic carbocycles.